The standard InChI is InChI=1S/C25H36N4O5/c1-27(16-18-7-6-12-28-11-5-4-8-20(18)28)23(30)14-19-24(31)29(25(32)26-19)15-17-9-10-21(33-2)22(13-17)34-3/h9-10,13,18-20H,4-8,11-12,14-16H2,1-3H3,(H,26,32)/t18-,19-,20+/m0/s1. The first-order valence-corrected chi connectivity index (χ1v) is 12.2. The Morgan fingerprint density at radius 3 is 2.62 bits per heavy atom. The lowest BCUT2D eigenvalue weighted by Crippen LogP contribution is -2.51. The van der Waals surface area contributed by atoms with E-state index in [0.29, 0.717) is 30.0 Å². The summed E-state index contributed by atoms with van der Waals surface area (Å²) in [4.78, 5) is 43.9. The molecule has 1 N–H and O–H groups in total. The number of piperidine rings is 2. The molecule has 0 unspecified atom stereocenters. The second-order valence-electron chi connectivity index (χ2n) is 9.60. The highest BCUT2D eigenvalue weighted by atomic mass is 16.5. The van der Waals surface area contributed by atoms with Gasteiger partial charge in [-0.15, -0.1) is 0 Å². The van der Waals surface area contributed by atoms with Crippen molar-refractivity contribution in [3.8, 4) is 11.5 Å². The SMILES string of the molecule is COc1ccc(CN2C(=O)N[C@@H](CC(=O)N(C)C[C@@H]3CCCN4CCCC[C@H]34)C2=O)cc1OC. The van der Waals surface area contributed by atoms with E-state index in [1.54, 1.807) is 30.2 Å². The predicted molar refractivity (Wildman–Crippen MR) is 127 cm³/mol. The first kappa shape index (κ1) is 24.3. The molecule has 3 atom stereocenters. The molecule has 3 aliphatic heterocycles. The Hall–Kier alpha value is -2.81. The molecule has 9 heteroatoms. The van der Waals surface area contributed by atoms with E-state index in [-0.39, 0.29) is 24.8 Å². The zero-order valence-electron chi connectivity index (χ0n) is 20.4. The highest BCUT2D eigenvalue weighted by Crippen LogP contribution is 2.32. The number of amides is 4. The number of benzene rings is 1. The van der Waals surface area contributed by atoms with Crippen molar-refractivity contribution in [1.82, 2.24) is 20.0 Å². The molecule has 0 aromatic heterocycles. The summed E-state index contributed by atoms with van der Waals surface area (Å²) in [6.45, 7) is 3.13. The summed E-state index contributed by atoms with van der Waals surface area (Å²) < 4.78 is 10.5. The van der Waals surface area contributed by atoms with Crippen molar-refractivity contribution in [3.05, 3.63) is 23.8 Å². The second kappa shape index (κ2) is 10.6. The minimum atomic E-state index is -0.833. The summed E-state index contributed by atoms with van der Waals surface area (Å²) >= 11 is 0. The van der Waals surface area contributed by atoms with Gasteiger partial charge in [0.25, 0.3) is 5.91 Å². The van der Waals surface area contributed by atoms with Gasteiger partial charge in [0.2, 0.25) is 5.91 Å². The minimum Gasteiger partial charge on any atom is -0.493 e. The van der Waals surface area contributed by atoms with E-state index in [1.807, 2.05) is 7.05 Å². The lowest BCUT2D eigenvalue weighted by atomic mass is 9.83. The van der Waals surface area contributed by atoms with E-state index >= 15 is 0 Å². The average Bonchev–Trinajstić information content (AvgIpc) is 3.11. The number of nitrogens with zero attached hydrogens (tertiary/aromatic N) is 3. The maximum atomic E-state index is 13.0. The number of hydrogen-bond donors (Lipinski definition) is 1. The second-order valence-corrected chi connectivity index (χ2v) is 9.60. The highest BCUT2D eigenvalue weighted by molar-refractivity contribution is 6.05. The van der Waals surface area contributed by atoms with Crippen LogP contribution in [0.1, 0.15) is 44.1 Å². The minimum absolute atomic E-state index is 0.0232. The molecule has 3 heterocycles. The van der Waals surface area contributed by atoms with E-state index in [4.69, 9.17) is 9.47 Å². The number of hydrogen-bond acceptors (Lipinski definition) is 6. The van der Waals surface area contributed by atoms with Gasteiger partial charge in [-0.2, -0.15) is 0 Å². The lowest BCUT2D eigenvalue weighted by Gasteiger charge is -2.45. The number of carbonyl (C=O) groups excluding carboxylic acids is 3. The van der Waals surface area contributed by atoms with Gasteiger partial charge < -0.3 is 24.6 Å². The summed E-state index contributed by atoms with van der Waals surface area (Å²) in [6, 6.07) is 4.51. The number of fused-ring (bicyclic) bond motifs is 1. The molecule has 34 heavy (non-hydrogen) atoms. The summed E-state index contributed by atoms with van der Waals surface area (Å²) in [5.41, 5.74) is 0.736. The van der Waals surface area contributed by atoms with E-state index < -0.39 is 12.1 Å². The third-order valence-corrected chi connectivity index (χ3v) is 7.44. The molecule has 186 valence electrons. The summed E-state index contributed by atoms with van der Waals surface area (Å²) in [5.74, 6) is 1.08. The van der Waals surface area contributed by atoms with Gasteiger partial charge in [0.15, 0.2) is 11.5 Å². The first-order valence-electron chi connectivity index (χ1n) is 12.2. The maximum absolute atomic E-state index is 13.0. The molecule has 0 spiro atoms. The zero-order chi connectivity index (χ0) is 24.2. The number of nitrogens with one attached hydrogen (secondary N) is 1. The van der Waals surface area contributed by atoms with Crippen LogP contribution in [0.25, 0.3) is 0 Å². The fraction of sp³-hybridized carbons (Fsp3) is 0.640. The van der Waals surface area contributed by atoms with Crippen molar-refractivity contribution in [2.24, 2.45) is 5.92 Å². The molecule has 1 aromatic rings. The molecule has 0 radical (unpaired) electrons. The molecule has 0 bridgehead atoms. The average molecular weight is 473 g/mol. The quantitative estimate of drug-likeness (QED) is 0.584. The third kappa shape index (κ3) is 5.14. The van der Waals surface area contributed by atoms with Crippen LogP contribution in [-0.4, -0.2) is 85.5 Å². The molecule has 1 aromatic carbocycles. The Morgan fingerprint density at radius 2 is 1.85 bits per heavy atom. The van der Waals surface area contributed by atoms with Crippen molar-refractivity contribution < 1.29 is 23.9 Å². The van der Waals surface area contributed by atoms with Gasteiger partial charge >= 0.3 is 6.03 Å². The molecule has 4 rings (SSSR count). The fourth-order valence-electron chi connectivity index (χ4n) is 5.60. The first-order chi connectivity index (χ1) is 16.4. The Bertz CT molecular complexity index is 921. The summed E-state index contributed by atoms with van der Waals surface area (Å²) in [5, 5.41) is 2.69. The highest BCUT2D eigenvalue weighted by Gasteiger charge is 2.40. The molecule has 0 saturated carbocycles. The van der Waals surface area contributed by atoms with E-state index in [2.05, 4.69) is 10.2 Å². The van der Waals surface area contributed by atoms with Gasteiger partial charge in [0.1, 0.15) is 6.04 Å². The van der Waals surface area contributed by atoms with Crippen LogP contribution in [0.4, 0.5) is 4.79 Å². The van der Waals surface area contributed by atoms with Crippen LogP contribution in [0.5, 0.6) is 11.5 Å². The monoisotopic (exact) mass is 472 g/mol. The van der Waals surface area contributed by atoms with Crippen molar-refractivity contribution >= 4 is 17.8 Å². The molecule has 4 amide bonds. The molecular weight excluding hydrogens is 436 g/mol. The zero-order valence-corrected chi connectivity index (χ0v) is 20.4. The normalized spacial score (nSPS) is 25.0. The largest absolute Gasteiger partial charge is 0.493 e. The number of carbonyl (C=O) groups is 3. The Morgan fingerprint density at radius 1 is 1.09 bits per heavy atom. The molecule has 3 saturated heterocycles. The Kier molecular flexibility index (Phi) is 7.60. The van der Waals surface area contributed by atoms with Crippen LogP contribution in [0, 0.1) is 5.92 Å². The molecule has 3 fully saturated rings. The fourth-order valence-corrected chi connectivity index (χ4v) is 5.60. The van der Waals surface area contributed by atoms with Gasteiger partial charge in [0.05, 0.1) is 27.2 Å². The van der Waals surface area contributed by atoms with Crippen molar-refractivity contribution in [2.75, 3.05) is 40.9 Å². The van der Waals surface area contributed by atoms with Crippen LogP contribution in [0.2, 0.25) is 0 Å². The summed E-state index contributed by atoms with van der Waals surface area (Å²) in [7, 11) is 4.90. The lowest BCUT2D eigenvalue weighted by molar-refractivity contribution is -0.135. The van der Waals surface area contributed by atoms with Crippen LogP contribution in [0.3, 0.4) is 0 Å². The van der Waals surface area contributed by atoms with Gasteiger partial charge in [-0.05, 0) is 62.4 Å². The predicted octanol–water partition coefficient (Wildman–Crippen LogP) is 2.24. The third-order valence-electron chi connectivity index (χ3n) is 7.44. The molecule has 9 nitrogen and oxygen atoms in total. The number of methoxy groups -OCH3 is 2. The summed E-state index contributed by atoms with van der Waals surface area (Å²) in [6.07, 6.45) is 6.01. The van der Waals surface area contributed by atoms with E-state index in [0.717, 1.165) is 30.0 Å². The number of urea groups is 1. The van der Waals surface area contributed by atoms with Crippen LogP contribution >= 0.6 is 0 Å². The van der Waals surface area contributed by atoms with E-state index in [9.17, 15) is 14.4 Å². The van der Waals surface area contributed by atoms with Crippen LogP contribution in [-0.2, 0) is 16.1 Å². The van der Waals surface area contributed by atoms with Gasteiger partial charge in [-0.25, -0.2) is 4.79 Å². The number of ether oxygens (including phenoxy) is 2. The Labute approximate surface area is 201 Å². The molecule has 0 aliphatic carbocycles. The van der Waals surface area contributed by atoms with Crippen LogP contribution < -0.4 is 14.8 Å². The van der Waals surface area contributed by atoms with Gasteiger partial charge in [-0.3, -0.25) is 14.5 Å². The van der Waals surface area contributed by atoms with Crippen molar-refractivity contribution in [3.63, 3.8) is 0 Å². The smallest absolute Gasteiger partial charge is 0.325 e. The van der Waals surface area contributed by atoms with Crippen molar-refractivity contribution in [1.29, 1.82) is 0 Å². The van der Waals surface area contributed by atoms with Crippen LogP contribution in [0.15, 0.2) is 18.2 Å². The topological polar surface area (TPSA) is 91.4 Å². The van der Waals surface area contributed by atoms with Gasteiger partial charge in [-0.1, -0.05) is 12.5 Å². The maximum Gasteiger partial charge on any atom is 0.325 e. The molecule has 3 aliphatic rings. The van der Waals surface area contributed by atoms with Crippen molar-refractivity contribution in [2.45, 2.75) is 57.2 Å². The Balaban J connectivity index is 1.33. The molecular formula is C25H36N4O5. The van der Waals surface area contributed by atoms with E-state index in [1.165, 1.54) is 32.8 Å². The number of imide groups is 1. The van der Waals surface area contributed by atoms with Gasteiger partial charge in [0, 0.05) is 19.6 Å². The number of rotatable bonds is 8.